The van der Waals surface area contributed by atoms with Crippen LogP contribution in [0.3, 0.4) is 0 Å². The van der Waals surface area contributed by atoms with Gasteiger partial charge in [-0.25, -0.2) is 4.39 Å². The van der Waals surface area contributed by atoms with Crippen molar-refractivity contribution in [1.82, 2.24) is 4.90 Å². The maximum Gasteiger partial charge on any atom is 0.258 e. The van der Waals surface area contributed by atoms with Crippen molar-refractivity contribution < 1.29 is 9.18 Å². The lowest BCUT2D eigenvalue weighted by molar-refractivity contribution is 0.102. The number of nitrogens with one attached hydrogen (secondary N) is 1. The fraction of sp³-hybridized carbons (Fsp3) is 0.278. The maximum atomic E-state index is 13.8. The molecule has 1 fully saturated rings. The molecule has 1 N–H and O–H groups in total. The minimum absolute atomic E-state index is 0.0254. The van der Waals surface area contributed by atoms with E-state index in [0.29, 0.717) is 5.69 Å². The third-order valence-corrected chi connectivity index (χ3v) is 4.40. The van der Waals surface area contributed by atoms with E-state index in [1.807, 2.05) is 24.3 Å². The molecule has 6 heteroatoms. The summed E-state index contributed by atoms with van der Waals surface area (Å²) in [5.41, 5.74) is 1.73. The van der Waals surface area contributed by atoms with Gasteiger partial charge in [0, 0.05) is 42.6 Å². The van der Waals surface area contributed by atoms with Crippen LogP contribution in [0.25, 0.3) is 0 Å². The van der Waals surface area contributed by atoms with Gasteiger partial charge in [-0.15, -0.1) is 0 Å². The fourth-order valence-corrected chi connectivity index (χ4v) is 2.85. The molecule has 3 rings (SSSR count). The Balaban J connectivity index is 1.66. The highest BCUT2D eigenvalue weighted by molar-refractivity contribution is 6.30. The van der Waals surface area contributed by atoms with E-state index in [4.69, 9.17) is 11.6 Å². The van der Waals surface area contributed by atoms with Gasteiger partial charge in [0.15, 0.2) is 0 Å². The molecule has 1 aliphatic rings. The van der Waals surface area contributed by atoms with Crippen LogP contribution in [0.1, 0.15) is 10.4 Å². The topological polar surface area (TPSA) is 35.6 Å². The van der Waals surface area contributed by atoms with Crippen LogP contribution in [0.4, 0.5) is 15.8 Å². The number of anilines is 2. The van der Waals surface area contributed by atoms with Gasteiger partial charge in [0.1, 0.15) is 5.82 Å². The zero-order valence-corrected chi connectivity index (χ0v) is 14.2. The van der Waals surface area contributed by atoms with E-state index >= 15 is 0 Å². The van der Waals surface area contributed by atoms with E-state index in [9.17, 15) is 9.18 Å². The van der Waals surface area contributed by atoms with Gasteiger partial charge in [-0.2, -0.15) is 0 Å². The second-order valence-corrected chi connectivity index (χ2v) is 6.35. The Hall–Kier alpha value is -2.11. The lowest BCUT2D eigenvalue weighted by Crippen LogP contribution is -2.44. The summed E-state index contributed by atoms with van der Waals surface area (Å²) in [6.45, 7) is 4.04. The van der Waals surface area contributed by atoms with Gasteiger partial charge in [0.05, 0.1) is 5.56 Å². The molecule has 126 valence electrons. The summed E-state index contributed by atoms with van der Waals surface area (Å²) >= 11 is 5.70. The summed E-state index contributed by atoms with van der Waals surface area (Å²) in [5.74, 6) is -1.12. The van der Waals surface area contributed by atoms with Crippen LogP contribution in [0.2, 0.25) is 5.02 Å². The zero-order valence-electron chi connectivity index (χ0n) is 13.4. The molecule has 24 heavy (non-hydrogen) atoms. The zero-order chi connectivity index (χ0) is 17.1. The molecule has 1 heterocycles. The molecule has 0 atom stereocenters. The lowest BCUT2D eigenvalue weighted by atomic mass is 10.2. The highest BCUT2D eigenvalue weighted by atomic mass is 35.5. The molecule has 0 saturated carbocycles. The minimum Gasteiger partial charge on any atom is -0.369 e. The lowest BCUT2D eigenvalue weighted by Gasteiger charge is -2.34. The van der Waals surface area contributed by atoms with Gasteiger partial charge in [-0.05, 0) is 49.5 Å². The Morgan fingerprint density at radius 2 is 1.75 bits per heavy atom. The van der Waals surface area contributed by atoms with Gasteiger partial charge in [-0.3, -0.25) is 4.79 Å². The number of benzene rings is 2. The van der Waals surface area contributed by atoms with Crippen molar-refractivity contribution in [2.75, 3.05) is 43.4 Å². The van der Waals surface area contributed by atoms with Crippen molar-refractivity contribution in [3.8, 4) is 0 Å². The van der Waals surface area contributed by atoms with Crippen molar-refractivity contribution in [2.24, 2.45) is 0 Å². The van der Waals surface area contributed by atoms with E-state index in [-0.39, 0.29) is 10.6 Å². The molecule has 0 unspecified atom stereocenters. The molecular formula is C18H19ClFN3O. The first kappa shape index (κ1) is 16.7. The largest absolute Gasteiger partial charge is 0.369 e. The number of amides is 1. The summed E-state index contributed by atoms with van der Waals surface area (Å²) in [4.78, 5) is 16.8. The molecule has 0 aromatic heterocycles. The van der Waals surface area contributed by atoms with E-state index < -0.39 is 11.7 Å². The van der Waals surface area contributed by atoms with Crippen LogP contribution in [0.5, 0.6) is 0 Å². The summed E-state index contributed by atoms with van der Waals surface area (Å²) in [6, 6.07) is 11.6. The molecule has 2 aromatic carbocycles. The number of piperazine rings is 1. The molecule has 0 bridgehead atoms. The second kappa shape index (κ2) is 7.20. The normalized spacial score (nSPS) is 15.4. The monoisotopic (exact) mass is 347 g/mol. The van der Waals surface area contributed by atoms with E-state index in [2.05, 4.69) is 22.2 Å². The highest BCUT2D eigenvalue weighted by Crippen LogP contribution is 2.21. The van der Waals surface area contributed by atoms with Crippen LogP contribution in [-0.2, 0) is 0 Å². The average Bonchev–Trinajstić information content (AvgIpc) is 2.56. The van der Waals surface area contributed by atoms with Crippen molar-refractivity contribution in [3.63, 3.8) is 0 Å². The molecule has 1 amide bonds. The first-order valence-electron chi connectivity index (χ1n) is 7.83. The van der Waals surface area contributed by atoms with E-state index in [1.165, 1.54) is 12.1 Å². The number of carbonyl (C=O) groups is 1. The fourth-order valence-electron chi connectivity index (χ4n) is 2.69. The molecule has 1 aliphatic heterocycles. The van der Waals surface area contributed by atoms with Crippen LogP contribution in [0, 0.1) is 5.82 Å². The SMILES string of the molecule is CN1CCN(c2ccc(NC(=O)c3ccc(Cl)cc3F)cc2)CC1. The van der Waals surface area contributed by atoms with Gasteiger partial charge in [0.25, 0.3) is 5.91 Å². The number of hydrogen-bond donors (Lipinski definition) is 1. The Kier molecular flexibility index (Phi) is 5.02. The standard InChI is InChI=1S/C18H19ClFN3O/c1-22-8-10-23(11-9-22)15-5-3-14(4-6-15)21-18(24)16-7-2-13(19)12-17(16)20/h2-7,12H,8-11H2,1H3,(H,21,24). The Morgan fingerprint density at radius 3 is 2.38 bits per heavy atom. The van der Waals surface area contributed by atoms with E-state index in [1.54, 1.807) is 0 Å². The predicted molar refractivity (Wildman–Crippen MR) is 95.5 cm³/mol. The summed E-state index contributed by atoms with van der Waals surface area (Å²) in [6.07, 6.45) is 0. The molecule has 0 aliphatic carbocycles. The molecular weight excluding hydrogens is 329 g/mol. The number of carbonyl (C=O) groups excluding carboxylic acids is 1. The van der Waals surface area contributed by atoms with Crippen molar-refractivity contribution >= 4 is 28.9 Å². The number of rotatable bonds is 3. The van der Waals surface area contributed by atoms with Gasteiger partial charge < -0.3 is 15.1 Å². The number of likely N-dealkylation sites (N-methyl/N-ethyl adjacent to an activating group) is 1. The number of halogens is 2. The Bertz CT molecular complexity index is 728. The van der Waals surface area contributed by atoms with Crippen molar-refractivity contribution in [2.45, 2.75) is 0 Å². The van der Waals surface area contributed by atoms with E-state index in [0.717, 1.165) is 37.9 Å². The van der Waals surface area contributed by atoms with Gasteiger partial charge >= 0.3 is 0 Å². The predicted octanol–water partition coefficient (Wildman–Crippen LogP) is 3.48. The van der Waals surface area contributed by atoms with Crippen LogP contribution in [0.15, 0.2) is 42.5 Å². The first-order valence-corrected chi connectivity index (χ1v) is 8.21. The summed E-state index contributed by atoms with van der Waals surface area (Å²) < 4.78 is 13.8. The number of hydrogen-bond acceptors (Lipinski definition) is 3. The average molecular weight is 348 g/mol. The smallest absolute Gasteiger partial charge is 0.258 e. The first-order chi connectivity index (χ1) is 11.5. The number of nitrogens with zero attached hydrogens (tertiary/aromatic N) is 2. The quantitative estimate of drug-likeness (QED) is 0.923. The Labute approximate surface area is 145 Å². The molecule has 4 nitrogen and oxygen atoms in total. The minimum atomic E-state index is -0.631. The Morgan fingerprint density at radius 1 is 1.08 bits per heavy atom. The second-order valence-electron chi connectivity index (χ2n) is 5.92. The third kappa shape index (κ3) is 3.86. The molecule has 0 spiro atoms. The van der Waals surface area contributed by atoms with Gasteiger partial charge in [-0.1, -0.05) is 11.6 Å². The van der Waals surface area contributed by atoms with Crippen LogP contribution < -0.4 is 10.2 Å². The van der Waals surface area contributed by atoms with Crippen LogP contribution in [-0.4, -0.2) is 44.0 Å². The highest BCUT2D eigenvalue weighted by Gasteiger charge is 2.15. The third-order valence-electron chi connectivity index (χ3n) is 4.17. The summed E-state index contributed by atoms with van der Waals surface area (Å²) in [5, 5.41) is 2.97. The molecule has 2 aromatic rings. The maximum absolute atomic E-state index is 13.8. The summed E-state index contributed by atoms with van der Waals surface area (Å²) in [7, 11) is 2.12. The van der Waals surface area contributed by atoms with Crippen molar-refractivity contribution in [3.05, 3.63) is 58.9 Å². The van der Waals surface area contributed by atoms with Gasteiger partial charge in [0.2, 0.25) is 0 Å². The van der Waals surface area contributed by atoms with Crippen molar-refractivity contribution in [1.29, 1.82) is 0 Å². The molecule has 1 saturated heterocycles. The molecule has 0 radical (unpaired) electrons. The van der Waals surface area contributed by atoms with Crippen LogP contribution >= 0.6 is 11.6 Å².